The van der Waals surface area contributed by atoms with Gasteiger partial charge in [-0.3, -0.25) is 14.4 Å². The summed E-state index contributed by atoms with van der Waals surface area (Å²) in [7, 11) is 0. The fourth-order valence-electron chi connectivity index (χ4n) is 4.00. The molecule has 1 aliphatic heterocycles. The highest BCUT2D eigenvalue weighted by Gasteiger charge is 2.33. The van der Waals surface area contributed by atoms with Crippen LogP contribution in [0.2, 0.25) is 0 Å². The predicted octanol–water partition coefficient (Wildman–Crippen LogP) is 3.19. The average Bonchev–Trinajstić information content (AvgIpc) is 2.67. The molecule has 0 bridgehead atoms. The zero-order chi connectivity index (χ0) is 21.0. The Morgan fingerprint density at radius 3 is 2.38 bits per heavy atom. The Bertz CT molecular complexity index is 792. The first-order chi connectivity index (χ1) is 13.7. The van der Waals surface area contributed by atoms with E-state index in [1.54, 1.807) is 13.8 Å². The SMILES string of the molecule is C[C@H](NC(=O)C1CCC(NC(=O)C2=CC(=O)CC(C)(C)O2)CC1)c1ccccc1. The van der Waals surface area contributed by atoms with Gasteiger partial charge in [0.1, 0.15) is 5.60 Å². The van der Waals surface area contributed by atoms with Gasteiger partial charge in [-0.2, -0.15) is 0 Å². The topological polar surface area (TPSA) is 84.5 Å². The minimum absolute atomic E-state index is 0.0114. The maximum Gasteiger partial charge on any atom is 0.286 e. The molecule has 1 atom stereocenters. The molecule has 1 heterocycles. The van der Waals surface area contributed by atoms with Gasteiger partial charge in [0.05, 0.1) is 6.04 Å². The van der Waals surface area contributed by atoms with Gasteiger partial charge in [-0.25, -0.2) is 0 Å². The van der Waals surface area contributed by atoms with Crippen molar-refractivity contribution in [2.45, 2.75) is 70.6 Å². The summed E-state index contributed by atoms with van der Waals surface area (Å²) < 4.78 is 5.66. The lowest BCUT2D eigenvalue weighted by Gasteiger charge is -2.32. The summed E-state index contributed by atoms with van der Waals surface area (Å²) in [5, 5.41) is 6.05. The second-order valence-corrected chi connectivity index (χ2v) is 8.68. The van der Waals surface area contributed by atoms with Crippen LogP contribution in [0.25, 0.3) is 0 Å². The molecule has 0 unspecified atom stereocenters. The monoisotopic (exact) mass is 398 g/mol. The van der Waals surface area contributed by atoms with E-state index in [2.05, 4.69) is 10.6 Å². The van der Waals surface area contributed by atoms with Crippen LogP contribution in [0.15, 0.2) is 42.2 Å². The molecule has 1 fully saturated rings. The van der Waals surface area contributed by atoms with Crippen LogP contribution < -0.4 is 10.6 Å². The Kier molecular flexibility index (Phi) is 6.40. The van der Waals surface area contributed by atoms with Gasteiger partial charge in [0.2, 0.25) is 5.91 Å². The highest BCUT2D eigenvalue weighted by Crippen LogP contribution is 2.27. The van der Waals surface area contributed by atoms with E-state index >= 15 is 0 Å². The lowest BCUT2D eigenvalue weighted by Crippen LogP contribution is -2.43. The van der Waals surface area contributed by atoms with Gasteiger partial charge in [0.25, 0.3) is 5.91 Å². The van der Waals surface area contributed by atoms with Crippen molar-refractivity contribution in [1.29, 1.82) is 0 Å². The first kappa shape index (κ1) is 21.1. The minimum atomic E-state index is -0.663. The van der Waals surface area contributed by atoms with Crippen molar-refractivity contribution >= 4 is 17.6 Å². The van der Waals surface area contributed by atoms with Crippen molar-refractivity contribution in [2.75, 3.05) is 0 Å². The molecule has 1 aromatic rings. The maximum atomic E-state index is 12.6. The largest absolute Gasteiger partial charge is 0.482 e. The molecule has 1 saturated carbocycles. The van der Waals surface area contributed by atoms with Gasteiger partial charge >= 0.3 is 0 Å². The molecule has 2 aliphatic rings. The van der Waals surface area contributed by atoms with Gasteiger partial charge in [-0.05, 0) is 52.0 Å². The number of benzene rings is 1. The molecule has 29 heavy (non-hydrogen) atoms. The van der Waals surface area contributed by atoms with Gasteiger partial charge in [0.15, 0.2) is 11.5 Å². The molecule has 0 saturated heterocycles. The van der Waals surface area contributed by atoms with Crippen molar-refractivity contribution in [3.05, 3.63) is 47.7 Å². The molecule has 2 amide bonds. The zero-order valence-electron chi connectivity index (χ0n) is 17.4. The van der Waals surface area contributed by atoms with Crippen molar-refractivity contribution in [3.8, 4) is 0 Å². The van der Waals surface area contributed by atoms with E-state index in [0.717, 1.165) is 31.2 Å². The third-order valence-electron chi connectivity index (χ3n) is 5.59. The molecule has 1 aliphatic carbocycles. The molecule has 0 spiro atoms. The summed E-state index contributed by atoms with van der Waals surface area (Å²) in [5.41, 5.74) is 0.420. The number of carbonyl (C=O) groups excluding carboxylic acids is 3. The highest BCUT2D eigenvalue weighted by atomic mass is 16.5. The van der Waals surface area contributed by atoms with Crippen LogP contribution in [-0.4, -0.2) is 29.2 Å². The first-order valence-electron chi connectivity index (χ1n) is 10.3. The second kappa shape index (κ2) is 8.80. The minimum Gasteiger partial charge on any atom is -0.482 e. The van der Waals surface area contributed by atoms with Gasteiger partial charge in [-0.1, -0.05) is 30.3 Å². The number of nitrogens with one attached hydrogen (secondary N) is 2. The number of hydrogen-bond donors (Lipinski definition) is 2. The van der Waals surface area contributed by atoms with E-state index in [9.17, 15) is 14.4 Å². The second-order valence-electron chi connectivity index (χ2n) is 8.68. The van der Waals surface area contributed by atoms with Crippen LogP contribution in [-0.2, 0) is 19.1 Å². The Hall–Kier alpha value is -2.63. The van der Waals surface area contributed by atoms with Crippen LogP contribution in [0, 0.1) is 5.92 Å². The van der Waals surface area contributed by atoms with Crippen molar-refractivity contribution in [1.82, 2.24) is 10.6 Å². The molecule has 6 heteroatoms. The molecule has 6 nitrogen and oxygen atoms in total. The van der Waals surface area contributed by atoms with Crippen LogP contribution in [0.3, 0.4) is 0 Å². The van der Waals surface area contributed by atoms with Crippen molar-refractivity contribution < 1.29 is 19.1 Å². The van der Waals surface area contributed by atoms with Crippen LogP contribution >= 0.6 is 0 Å². The van der Waals surface area contributed by atoms with E-state index < -0.39 is 5.60 Å². The molecule has 1 aromatic carbocycles. The van der Waals surface area contributed by atoms with Crippen molar-refractivity contribution in [3.63, 3.8) is 0 Å². The van der Waals surface area contributed by atoms with Crippen LogP contribution in [0.1, 0.15) is 64.5 Å². The summed E-state index contributed by atoms with van der Waals surface area (Å²) in [6, 6.07) is 9.86. The quantitative estimate of drug-likeness (QED) is 0.798. The summed E-state index contributed by atoms with van der Waals surface area (Å²) in [6.07, 6.45) is 4.46. The fourth-order valence-corrected chi connectivity index (χ4v) is 4.00. The maximum absolute atomic E-state index is 12.6. The third-order valence-corrected chi connectivity index (χ3v) is 5.59. The Balaban J connectivity index is 1.47. The standard InChI is InChI=1S/C23H30N2O4/c1-15(16-7-5-4-6-8-16)24-21(27)17-9-11-18(12-10-17)25-22(28)20-13-19(26)14-23(2,3)29-20/h4-8,13,15,17-18H,9-12,14H2,1-3H3,(H,24,27)(H,25,28)/t15-,17?,18?/m0/s1. The van der Waals surface area contributed by atoms with Crippen LogP contribution in [0.5, 0.6) is 0 Å². The molecule has 3 rings (SSSR count). The smallest absolute Gasteiger partial charge is 0.286 e. The summed E-state index contributed by atoms with van der Waals surface area (Å²) in [4.78, 5) is 36.9. The molecular weight excluding hydrogens is 368 g/mol. The van der Waals surface area contributed by atoms with E-state index in [1.807, 2.05) is 37.3 Å². The summed E-state index contributed by atoms with van der Waals surface area (Å²) in [5.74, 6) is -0.337. The number of allylic oxidation sites excluding steroid dienone is 1. The number of ketones is 1. The summed E-state index contributed by atoms with van der Waals surface area (Å²) in [6.45, 7) is 5.58. The number of amides is 2. The third kappa shape index (κ3) is 5.68. The number of ether oxygens (including phenoxy) is 1. The molecule has 2 N–H and O–H groups in total. The number of hydrogen-bond acceptors (Lipinski definition) is 4. The van der Waals surface area contributed by atoms with Gasteiger partial charge in [-0.15, -0.1) is 0 Å². The van der Waals surface area contributed by atoms with Crippen molar-refractivity contribution in [2.24, 2.45) is 5.92 Å². The molecule has 156 valence electrons. The van der Waals surface area contributed by atoms with Gasteiger partial charge < -0.3 is 15.4 Å². The first-order valence-corrected chi connectivity index (χ1v) is 10.3. The Morgan fingerprint density at radius 1 is 1.10 bits per heavy atom. The predicted molar refractivity (Wildman–Crippen MR) is 110 cm³/mol. The lowest BCUT2D eigenvalue weighted by atomic mass is 9.85. The van der Waals surface area contributed by atoms with E-state index in [1.165, 1.54) is 6.08 Å². The number of carbonyl (C=O) groups is 3. The fraction of sp³-hybridized carbons (Fsp3) is 0.522. The lowest BCUT2D eigenvalue weighted by molar-refractivity contribution is -0.131. The van der Waals surface area contributed by atoms with E-state index in [4.69, 9.17) is 4.74 Å². The highest BCUT2D eigenvalue weighted by molar-refractivity contribution is 6.01. The zero-order valence-corrected chi connectivity index (χ0v) is 17.4. The van der Waals surface area contributed by atoms with Crippen LogP contribution in [0.4, 0.5) is 0 Å². The Morgan fingerprint density at radius 2 is 1.76 bits per heavy atom. The van der Waals surface area contributed by atoms with E-state index in [-0.39, 0.29) is 47.8 Å². The summed E-state index contributed by atoms with van der Waals surface area (Å²) >= 11 is 0. The normalized spacial score (nSPS) is 24.7. The molecule has 0 radical (unpaired) electrons. The van der Waals surface area contributed by atoms with E-state index in [0.29, 0.717) is 0 Å². The Labute approximate surface area is 172 Å². The average molecular weight is 399 g/mol. The molecule has 0 aromatic heterocycles. The number of rotatable bonds is 5. The molecular formula is C23H30N2O4. The van der Waals surface area contributed by atoms with Gasteiger partial charge in [0, 0.05) is 24.5 Å².